The van der Waals surface area contributed by atoms with Gasteiger partial charge in [0.05, 0.1) is 27.7 Å². The van der Waals surface area contributed by atoms with E-state index in [0.717, 1.165) is 48.5 Å². The Morgan fingerprint density at radius 1 is 1.00 bits per heavy atom. The van der Waals surface area contributed by atoms with E-state index in [2.05, 4.69) is 27.1 Å². The van der Waals surface area contributed by atoms with Crippen LogP contribution in [0.1, 0.15) is 51.5 Å². The van der Waals surface area contributed by atoms with Crippen LogP contribution in [-0.4, -0.2) is 47.4 Å². The van der Waals surface area contributed by atoms with Gasteiger partial charge in [0.25, 0.3) is 0 Å². The van der Waals surface area contributed by atoms with Crippen molar-refractivity contribution >= 4 is 28.6 Å². The first-order chi connectivity index (χ1) is 15.7. The molecule has 1 aromatic carbocycles. The SMILES string of the molecule is CCCNc1nc(Nc2cc(OC)c(OC)c(OC)c2)nc2c1ncn2C1CCCCC1. The number of aromatic nitrogens is 4. The topological polar surface area (TPSA) is 95.4 Å². The summed E-state index contributed by atoms with van der Waals surface area (Å²) in [6.07, 6.45) is 9.00. The zero-order valence-corrected chi connectivity index (χ0v) is 19.3. The van der Waals surface area contributed by atoms with E-state index < -0.39 is 0 Å². The Labute approximate surface area is 188 Å². The molecule has 0 spiro atoms. The monoisotopic (exact) mass is 440 g/mol. The van der Waals surface area contributed by atoms with Crippen LogP contribution >= 0.6 is 0 Å². The molecule has 3 aromatic rings. The molecule has 1 saturated carbocycles. The number of imidazole rings is 1. The predicted molar refractivity (Wildman–Crippen MR) is 126 cm³/mol. The second-order valence-corrected chi connectivity index (χ2v) is 7.98. The molecule has 9 nitrogen and oxygen atoms in total. The van der Waals surface area contributed by atoms with Crippen molar-refractivity contribution in [3.05, 3.63) is 18.5 Å². The molecule has 172 valence electrons. The number of anilines is 3. The molecule has 0 aliphatic heterocycles. The summed E-state index contributed by atoms with van der Waals surface area (Å²) in [5.41, 5.74) is 2.39. The Bertz CT molecular complexity index is 1040. The van der Waals surface area contributed by atoms with Crippen LogP contribution < -0.4 is 24.8 Å². The van der Waals surface area contributed by atoms with Gasteiger partial charge in [0.1, 0.15) is 0 Å². The van der Waals surface area contributed by atoms with Crippen LogP contribution in [0, 0.1) is 0 Å². The number of nitrogens with one attached hydrogen (secondary N) is 2. The van der Waals surface area contributed by atoms with Gasteiger partial charge in [-0.2, -0.15) is 9.97 Å². The number of benzene rings is 1. The third-order valence-electron chi connectivity index (χ3n) is 5.85. The Balaban J connectivity index is 1.75. The highest BCUT2D eigenvalue weighted by molar-refractivity contribution is 5.85. The van der Waals surface area contributed by atoms with E-state index in [1.165, 1.54) is 19.3 Å². The van der Waals surface area contributed by atoms with Crippen molar-refractivity contribution in [2.45, 2.75) is 51.5 Å². The maximum Gasteiger partial charge on any atom is 0.231 e. The number of nitrogens with zero attached hydrogens (tertiary/aromatic N) is 4. The lowest BCUT2D eigenvalue weighted by atomic mass is 9.95. The molecule has 2 N–H and O–H groups in total. The smallest absolute Gasteiger partial charge is 0.231 e. The lowest BCUT2D eigenvalue weighted by molar-refractivity contribution is 0.324. The number of hydrogen-bond donors (Lipinski definition) is 2. The first kappa shape index (κ1) is 22.0. The summed E-state index contributed by atoms with van der Waals surface area (Å²) in [6, 6.07) is 4.11. The van der Waals surface area contributed by atoms with Crippen LogP contribution in [-0.2, 0) is 0 Å². The van der Waals surface area contributed by atoms with Crippen LogP contribution in [0.2, 0.25) is 0 Å². The first-order valence-electron chi connectivity index (χ1n) is 11.2. The first-order valence-corrected chi connectivity index (χ1v) is 11.2. The van der Waals surface area contributed by atoms with Crippen LogP contribution in [0.5, 0.6) is 17.2 Å². The Kier molecular flexibility index (Phi) is 6.82. The van der Waals surface area contributed by atoms with Gasteiger partial charge in [-0.05, 0) is 19.3 Å². The summed E-state index contributed by atoms with van der Waals surface area (Å²) in [7, 11) is 4.78. The molecule has 4 rings (SSSR count). The number of hydrogen-bond acceptors (Lipinski definition) is 8. The van der Waals surface area contributed by atoms with E-state index >= 15 is 0 Å². The van der Waals surface area contributed by atoms with Gasteiger partial charge in [-0.1, -0.05) is 26.2 Å². The van der Waals surface area contributed by atoms with Crippen LogP contribution in [0.3, 0.4) is 0 Å². The summed E-state index contributed by atoms with van der Waals surface area (Å²) >= 11 is 0. The average Bonchev–Trinajstić information content (AvgIpc) is 3.26. The minimum Gasteiger partial charge on any atom is -0.493 e. The fourth-order valence-corrected chi connectivity index (χ4v) is 4.25. The molecule has 9 heteroatoms. The third kappa shape index (κ3) is 4.37. The Hall–Kier alpha value is -3.23. The van der Waals surface area contributed by atoms with Gasteiger partial charge >= 0.3 is 0 Å². The molecule has 0 bridgehead atoms. The number of ether oxygens (including phenoxy) is 3. The lowest BCUT2D eigenvalue weighted by Crippen LogP contribution is -2.13. The van der Waals surface area contributed by atoms with Gasteiger partial charge in [0, 0.05) is 30.4 Å². The van der Waals surface area contributed by atoms with Crippen molar-refractivity contribution in [3.63, 3.8) is 0 Å². The molecule has 0 saturated heterocycles. The van der Waals surface area contributed by atoms with Gasteiger partial charge in [-0.25, -0.2) is 4.98 Å². The molecule has 2 aromatic heterocycles. The molecule has 1 aliphatic rings. The van der Waals surface area contributed by atoms with Crippen molar-refractivity contribution in [3.8, 4) is 17.2 Å². The van der Waals surface area contributed by atoms with Crippen molar-refractivity contribution in [2.75, 3.05) is 38.5 Å². The highest BCUT2D eigenvalue weighted by Gasteiger charge is 2.21. The molecule has 1 fully saturated rings. The van der Waals surface area contributed by atoms with E-state index in [-0.39, 0.29) is 0 Å². The van der Waals surface area contributed by atoms with Crippen LogP contribution in [0.15, 0.2) is 18.5 Å². The number of fused-ring (bicyclic) bond motifs is 1. The summed E-state index contributed by atoms with van der Waals surface area (Å²) < 4.78 is 18.6. The second kappa shape index (κ2) is 9.93. The highest BCUT2D eigenvalue weighted by atomic mass is 16.5. The quantitative estimate of drug-likeness (QED) is 0.484. The fourth-order valence-electron chi connectivity index (χ4n) is 4.25. The van der Waals surface area contributed by atoms with Gasteiger partial charge in [-0.3, -0.25) is 0 Å². The lowest BCUT2D eigenvalue weighted by Gasteiger charge is -2.23. The van der Waals surface area contributed by atoms with Gasteiger partial charge in [0.2, 0.25) is 11.7 Å². The number of rotatable bonds is 9. The van der Waals surface area contributed by atoms with E-state index in [0.29, 0.717) is 29.2 Å². The molecule has 32 heavy (non-hydrogen) atoms. The number of methoxy groups -OCH3 is 3. The van der Waals surface area contributed by atoms with Crippen LogP contribution in [0.4, 0.5) is 17.5 Å². The molecular formula is C23H32N6O3. The van der Waals surface area contributed by atoms with Crippen molar-refractivity contribution in [2.24, 2.45) is 0 Å². The Morgan fingerprint density at radius 3 is 2.34 bits per heavy atom. The highest BCUT2D eigenvalue weighted by Crippen LogP contribution is 2.40. The van der Waals surface area contributed by atoms with E-state index in [1.807, 2.05) is 18.5 Å². The van der Waals surface area contributed by atoms with E-state index in [9.17, 15) is 0 Å². The summed E-state index contributed by atoms with van der Waals surface area (Å²) in [4.78, 5) is 14.2. The van der Waals surface area contributed by atoms with Gasteiger partial charge in [0.15, 0.2) is 28.5 Å². The summed E-state index contributed by atoms with van der Waals surface area (Å²) in [5, 5.41) is 6.72. The molecular weight excluding hydrogens is 408 g/mol. The minimum absolute atomic E-state index is 0.427. The maximum atomic E-state index is 5.48. The molecule has 0 unspecified atom stereocenters. The van der Waals surface area contributed by atoms with Gasteiger partial charge in [-0.15, -0.1) is 0 Å². The largest absolute Gasteiger partial charge is 0.493 e. The zero-order chi connectivity index (χ0) is 22.5. The standard InChI is InChI=1S/C23H32N6O3/c1-5-11-24-21-19-22(29(14-25-19)16-9-7-6-8-10-16)28-23(27-21)26-15-12-17(30-2)20(32-4)18(13-15)31-3/h12-14,16H,5-11H2,1-4H3,(H2,24,26,27,28). The molecule has 1 aliphatic carbocycles. The molecule has 0 amide bonds. The average molecular weight is 441 g/mol. The normalized spacial score (nSPS) is 14.4. The predicted octanol–water partition coefficient (Wildman–Crippen LogP) is 4.92. The van der Waals surface area contributed by atoms with Gasteiger partial charge < -0.3 is 29.4 Å². The Morgan fingerprint density at radius 2 is 1.72 bits per heavy atom. The molecule has 0 radical (unpaired) electrons. The van der Waals surface area contributed by atoms with E-state index in [4.69, 9.17) is 24.2 Å². The molecule has 2 heterocycles. The van der Waals surface area contributed by atoms with Crippen LogP contribution in [0.25, 0.3) is 11.2 Å². The molecule has 0 atom stereocenters. The van der Waals surface area contributed by atoms with Crippen molar-refractivity contribution < 1.29 is 14.2 Å². The van der Waals surface area contributed by atoms with E-state index in [1.54, 1.807) is 21.3 Å². The zero-order valence-electron chi connectivity index (χ0n) is 19.3. The minimum atomic E-state index is 0.427. The fraction of sp³-hybridized carbons (Fsp3) is 0.522. The maximum absolute atomic E-state index is 5.48. The second-order valence-electron chi connectivity index (χ2n) is 7.98. The van der Waals surface area contributed by atoms with Crippen molar-refractivity contribution in [1.29, 1.82) is 0 Å². The third-order valence-corrected chi connectivity index (χ3v) is 5.85. The van der Waals surface area contributed by atoms with Crippen molar-refractivity contribution in [1.82, 2.24) is 19.5 Å². The summed E-state index contributed by atoms with van der Waals surface area (Å²) in [6.45, 7) is 2.94. The summed E-state index contributed by atoms with van der Waals surface area (Å²) in [5.74, 6) is 2.89.